The van der Waals surface area contributed by atoms with Crippen LogP contribution in [0.2, 0.25) is 10.0 Å². The van der Waals surface area contributed by atoms with E-state index in [-0.39, 0.29) is 12.2 Å². The van der Waals surface area contributed by atoms with E-state index in [1.807, 2.05) is 0 Å². The zero-order valence-corrected chi connectivity index (χ0v) is 10.0. The van der Waals surface area contributed by atoms with Crippen molar-refractivity contribution in [3.05, 3.63) is 33.8 Å². The molecule has 1 saturated carbocycles. The molecule has 0 saturated heterocycles. The van der Waals surface area contributed by atoms with Crippen molar-refractivity contribution in [3.63, 3.8) is 0 Å². The predicted octanol–water partition coefficient (Wildman–Crippen LogP) is 3.55. The van der Waals surface area contributed by atoms with E-state index < -0.39 is 5.41 Å². The van der Waals surface area contributed by atoms with Gasteiger partial charge in [-0.3, -0.25) is 4.79 Å². The van der Waals surface area contributed by atoms with Gasteiger partial charge in [0.25, 0.3) is 0 Å². The van der Waals surface area contributed by atoms with E-state index in [2.05, 4.69) is 0 Å². The van der Waals surface area contributed by atoms with Crippen LogP contribution in [0.25, 0.3) is 0 Å². The fraction of sp³-hybridized carbons (Fsp3) is 0.333. The number of hydrogen-bond acceptors (Lipinski definition) is 2. The summed E-state index contributed by atoms with van der Waals surface area (Å²) in [6, 6.07) is 4.81. The Bertz CT molecular complexity index is 450. The number of halogens is 2. The summed E-state index contributed by atoms with van der Waals surface area (Å²) in [5.41, 5.74) is -0.0235. The van der Waals surface area contributed by atoms with Gasteiger partial charge in [0, 0.05) is 22.4 Å². The summed E-state index contributed by atoms with van der Waals surface area (Å²) in [4.78, 5) is 22.7. The van der Waals surface area contributed by atoms with Crippen molar-refractivity contribution >= 4 is 35.3 Å². The third-order valence-corrected chi connectivity index (χ3v) is 3.53. The minimum atomic E-state index is -0.487. The van der Waals surface area contributed by atoms with Crippen molar-refractivity contribution < 1.29 is 9.59 Å². The Morgan fingerprint density at radius 2 is 2.06 bits per heavy atom. The molecule has 0 aromatic heterocycles. The van der Waals surface area contributed by atoms with Crippen LogP contribution in [0.3, 0.4) is 0 Å². The first-order valence-electron chi connectivity index (χ1n) is 5.02. The highest BCUT2D eigenvalue weighted by atomic mass is 35.5. The summed E-state index contributed by atoms with van der Waals surface area (Å²) in [5, 5.41) is 0.858. The molecule has 0 spiro atoms. The third kappa shape index (κ3) is 2.00. The number of ketones is 1. The van der Waals surface area contributed by atoms with Crippen LogP contribution in [-0.2, 0) is 4.79 Å². The predicted molar refractivity (Wildman–Crippen MR) is 63.1 cm³/mol. The van der Waals surface area contributed by atoms with Crippen LogP contribution in [0.1, 0.15) is 29.6 Å². The zero-order chi connectivity index (χ0) is 11.8. The molecule has 0 N–H and O–H groups in total. The monoisotopic (exact) mass is 256 g/mol. The van der Waals surface area contributed by atoms with Gasteiger partial charge < -0.3 is 4.79 Å². The Morgan fingerprint density at radius 1 is 1.38 bits per heavy atom. The summed E-state index contributed by atoms with van der Waals surface area (Å²) in [6.45, 7) is 0. The first-order valence-corrected chi connectivity index (χ1v) is 5.78. The van der Waals surface area contributed by atoms with E-state index in [0.717, 1.165) is 19.1 Å². The molecular weight excluding hydrogens is 247 g/mol. The molecule has 0 radical (unpaired) electrons. The van der Waals surface area contributed by atoms with Crippen LogP contribution >= 0.6 is 23.2 Å². The van der Waals surface area contributed by atoms with Gasteiger partial charge in [0.2, 0.25) is 0 Å². The molecule has 1 aliphatic rings. The van der Waals surface area contributed by atoms with Gasteiger partial charge in [-0.2, -0.15) is 0 Å². The first kappa shape index (κ1) is 11.6. The topological polar surface area (TPSA) is 34.1 Å². The molecule has 1 fully saturated rings. The smallest absolute Gasteiger partial charge is 0.170 e. The molecule has 1 aliphatic carbocycles. The largest absolute Gasteiger partial charge is 0.303 e. The van der Waals surface area contributed by atoms with E-state index in [1.165, 1.54) is 0 Å². The van der Waals surface area contributed by atoms with Gasteiger partial charge >= 0.3 is 0 Å². The highest BCUT2D eigenvalue weighted by Gasteiger charge is 2.49. The molecule has 0 aliphatic heterocycles. The molecule has 0 bridgehead atoms. The molecule has 1 aromatic rings. The van der Waals surface area contributed by atoms with Gasteiger partial charge in [-0.1, -0.05) is 23.2 Å². The fourth-order valence-corrected chi connectivity index (χ4v) is 2.29. The van der Waals surface area contributed by atoms with Crippen LogP contribution in [-0.4, -0.2) is 12.1 Å². The minimum absolute atomic E-state index is 0.0405. The Labute approximate surface area is 104 Å². The van der Waals surface area contributed by atoms with Gasteiger partial charge in [0.15, 0.2) is 5.78 Å². The quantitative estimate of drug-likeness (QED) is 0.610. The maximum absolute atomic E-state index is 12.2. The number of carbonyl (C=O) groups is 2. The number of rotatable bonds is 4. The number of carbonyl (C=O) groups excluding carboxylic acids is 2. The first-order chi connectivity index (χ1) is 7.59. The maximum atomic E-state index is 12.2. The van der Waals surface area contributed by atoms with E-state index in [1.54, 1.807) is 18.2 Å². The molecule has 0 amide bonds. The second kappa shape index (κ2) is 4.19. The van der Waals surface area contributed by atoms with E-state index in [9.17, 15) is 9.59 Å². The molecule has 0 heterocycles. The van der Waals surface area contributed by atoms with Crippen molar-refractivity contribution in [1.82, 2.24) is 0 Å². The summed E-state index contributed by atoms with van der Waals surface area (Å²) < 4.78 is 0. The Balaban J connectivity index is 2.31. The number of benzene rings is 1. The standard InChI is InChI=1S/C12H10Cl2O2/c13-8-1-2-9(10(14)7-8)11(16)12(3-4-12)5-6-15/h1-2,6-7H,3-5H2. The summed E-state index contributed by atoms with van der Waals surface area (Å²) in [5.74, 6) is -0.0405. The van der Waals surface area contributed by atoms with E-state index in [0.29, 0.717) is 15.6 Å². The molecule has 84 valence electrons. The third-order valence-electron chi connectivity index (χ3n) is 2.99. The lowest BCUT2D eigenvalue weighted by Crippen LogP contribution is -2.17. The van der Waals surface area contributed by atoms with Crippen LogP contribution in [0, 0.1) is 5.41 Å². The van der Waals surface area contributed by atoms with Crippen LogP contribution in [0.15, 0.2) is 18.2 Å². The molecular formula is C12H10Cl2O2. The van der Waals surface area contributed by atoms with Crippen LogP contribution < -0.4 is 0 Å². The second-order valence-corrected chi connectivity index (χ2v) is 4.95. The lowest BCUT2D eigenvalue weighted by Gasteiger charge is -2.11. The minimum Gasteiger partial charge on any atom is -0.303 e. The zero-order valence-electron chi connectivity index (χ0n) is 8.50. The fourth-order valence-electron chi connectivity index (χ4n) is 1.79. The molecule has 2 nitrogen and oxygen atoms in total. The number of hydrogen-bond donors (Lipinski definition) is 0. The lowest BCUT2D eigenvalue weighted by molar-refractivity contribution is -0.108. The van der Waals surface area contributed by atoms with Gasteiger partial charge in [-0.25, -0.2) is 0 Å². The highest BCUT2D eigenvalue weighted by Crippen LogP contribution is 2.51. The maximum Gasteiger partial charge on any atom is 0.170 e. The van der Waals surface area contributed by atoms with Crippen LogP contribution in [0.5, 0.6) is 0 Å². The van der Waals surface area contributed by atoms with Crippen LogP contribution in [0.4, 0.5) is 0 Å². The van der Waals surface area contributed by atoms with Gasteiger partial charge in [-0.15, -0.1) is 0 Å². The summed E-state index contributed by atoms with van der Waals surface area (Å²) >= 11 is 11.7. The average molecular weight is 257 g/mol. The Morgan fingerprint density at radius 3 is 2.56 bits per heavy atom. The average Bonchev–Trinajstić information content (AvgIpc) is 2.99. The second-order valence-electron chi connectivity index (χ2n) is 4.10. The summed E-state index contributed by atoms with van der Waals surface area (Å²) in [6.07, 6.45) is 2.62. The van der Waals surface area contributed by atoms with Crippen molar-refractivity contribution in [3.8, 4) is 0 Å². The van der Waals surface area contributed by atoms with Crippen molar-refractivity contribution in [2.75, 3.05) is 0 Å². The van der Waals surface area contributed by atoms with E-state index in [4.69, 9.17) is 23.2 Å². The lowest BCUT2D eigenvalue weighted by atomic mass is 9.92. The molecule has 0 atom stereocenters. The van der Waals surface area contributed by atoms with Crippen molar-refractivity contribution in [2.45, 2.75) is 19.3 Å². The van der Waals surface area contributed by atoms with Crippen molar-refractivity contribution in [2.24, 2.45) is 5.41 Å². The molecule has 0 unspecified atom stereocenters. The number of Topliss-reactive ketones (excluding diaryl/α,β-unsaturated/α-hetero) is 1. The Hall–Kier alpha value is -0.860. The SMILES string of the molecule is O=CCC1(C(=O)c2ccc(Cl)cc2Cl)CC1. The molecule has 16 heavy (non-hydrogen) atoms. The normalized spacial score (nSPS) is 16.9. The summed E-state index contributed by atoms with van der Waals surface area (Å²) in [7, 11) is 0. The van der Waals surface area contributed by atoms with Gasteiger partial charge in [0.05, 0.1) is 5.02 Å². The Kier molecular flexibility index (Phi) is 3.04. The van der Waals surface area contributed by atoms with E-state index >= 15 is 0 Å². The highest BCUT2D eigenvalue weighted by molar-refractivity contribution is 6.37. The van der Waals surface area contributed by atoms with Crippen molar-refractivity contribution in [1.29, 1.82) is 0 Å². The molecule has 2 rings (SSSR count). The molecule has 1 aromatic carbocycles. The van der Waals surface area contributed by atoms with Gasteiger partial charge in [0.1, 0.15) is 6.29 Å². The van der Waals surface area contributed by atoms with Gasteiger partial charge in [-0.05, 0) is 31.0 Å². The molecule has 4 heteroatoms. The number of aldehydes is 1.